The molecule has 2 aromatic carbocycles. The number of allylic oxidation sites excluding steroid dienone is 4. The van der Waals surface area contributed by atoms with Crippen LogP contribution in [0.25, 0.3) is 0 Å². The number of halogens is 1. The Morgan fingerprint density at radius 1 is 1.02 bits per heavy atom. The Bertz CT molecular complexity index is 1560. The number of carbonyl (C=O) groups excluding carboxylic acids is 1. The minimum atomic E-state index is -0.238. The number of hydrogen-bond acceptors (Lipinski definition) is 5. The number of piperazine rings is 1. The van der Waals surface area contributed by atoms with Gasteiger partial charge in [-0.25, -0.2) is 14.2 Å². The molecule has 1 fully saturated rings. The molecule has 3 heterocycles. The first-order chi connectivity index (χ1) is 21.0. The van der Waals surface area contributed by atoms with Crippen LogP contribution in [0.1, 0.15) is 37.8 Å². The second-order valence-electron chi connectivity index (χ2n) is 11.8. The quantitative estimate of drug-likeness (QED) is 0.359. The number of aromatic nitrogens is 1. The van der Waals surface area contributed by atoms with E-state index >= 15 is 0 Å². The summed E-state index contributed by atoms with van der Waals surface area (Å²) in [7, 11) is 0. The molecule has 1 unspecified atom stereocenters. The van der Waals surface area contributed by atoms with E-state index in [1.54, 1.807) is 12.1 Å². The van der Waals surface area contributed by atoms with Crippen LogP contribution in [0.3, 0.4) is 0 Å². The highest BCUT2D eigenvalue weighted by Crippen LogP contribution is 2.49. The van der Waals surface area contributed by atoms with Crippen molar-refractivity contribution >= 4 is 17.5 Å². The first-order valence-electron chi connectivity index (χ1n) is 15.3. The average Bonchev–Trinajstić information content (AvgIpc) is 3.67. The van der Waals surface area contributed by atoms with Gasteiger partial charge in [0.2, 0.25) is 0 Å². The fourth-order valence-electron chi connectivity index (χ4n) is 7.13. The number of nitrogens with zero attached hydrogens (tertiary/aromatic N) is 4. The molecule has 3 atom stereocenters. The van der Waals surface area contributed by atoms with Crippen molar-refractivity contribution in [3.63, 3.8) is 0 Å². The Hall–Kier alpha value is -4.59. The molecular formula is C35H37FN6O. The van der Waals surface area contributed by atoms with Crippen LogP contribution in [0.2, 0.25) is 0 Å². The summed E-state index contributed by atoms with van der Waals surface area (Å²) in [5.41, 5.74) is 10.7. The van der Waals surface area contributed by atoms with Gasteiger partial charge < -0.3 is 20.5 Å². The SMILES string of the molecule is C[C@H]1C2=CNN(c3ccc(F)cc3)C2=CC2=C1[C@@H](CC(NC(=O)N1CCN(c3ccccn3)CC1)c1ccccc1)CC2. The van der Waals surface area contributed by atoms with E-state index in [0.717, 1.165) is 55.1 Å². The molecule has 3 aromatic rings. The normalized spacial score (nSPS) is 22.0. The first kappa shape index (κ1) is 27.3. The molecule has 0 spiro atoms. The van der Waals surface area contributed by atoms with Gasteiger partial charge in [-0.1, -0.05) is 48.9 Å². The zero-order chi connectivity index (χ0) is 29.3. The lowest BCUT2D eigenvalue weighted by Gasteiger charge is -2.36. The molecule has 2 amide bonds. The van der Waals surface area contributed by atoms with E-state index in [9.17, 15) is 9.18 Å². The molecule has 2 N–H and O–H groups in total. The molecule has 43 heavy (non-hydrogen) atoms. The van der Waals surface area contributed by atoms with Gasteiger partial charge in [-0.15, -0.1) is 0 Å². The second kappa shape index (κ2) is 11.6. The number of hydrazine groups is 1. The van der Waals surface area contributed by atoms with Gasteiger partial charge in [0, 0.05) is 50.1 Å². The maximum atomic E-state index is 13.6. The molecule has 0 saturated carbocycles. The lowest BCUT2D eigenvalue weighted by atomic mass is 9.78. The Labute approximate surface area is 252 Å². The first-order valence-corrected chi connectivity index (χ1v) is 15.3. The van der Waals surface area contributed by atoms with Crippen molar-refractivity contribution in [3.05, 3.63) is 125 Å². The Morgan fingerprint density at radius 3 is 2.53 bits per heavy atom. The monoisotopic (exact) mass is 576 g/mol. The van der Waals surface area contributed by atoms with Gasteiger partial charge in [0.1, 0.15) is 11.6 Å². The van der Waals surface area contributed by atoms with E-state index in [4.69, 9.17) is 0 Å². The molecule has 1 saturated heterocycles. The van der Waals surface area contributed by atoms with E-state index in [1.165, 1.54) is 28.9 Å². The third-order valence-corrected chi connectivity index (χ3v) is 9.35. The van der Waals surface area contributed by atoms with Crippen molar-refractivity contribution in [3.8, 4) is 0 Å². The van der Waals surface area contributed by atoms with Gasteiger partial charge in [-0.05, 0) is 78.8 Å². The molecule has 7 nitrogen and oxygen atoms in total. The van der Waals surface area contributed by atoms with Crippen LogP contribution in [0, 0.1) is 17.7 Å². The molecule has 0 bridgehead atoms. The van der Waals surface area contributed by atoms with Crippen LogP contribution in [0.5, 0.6) is 0 Å². The van der Waals surface area contributed by atoms with Crippen LogP contribution in [0.4, 0.5) is 20.7 Å². The number of pyridine rings is 1. The second-order valence-corrected chi connectivity index (χ2v) is 11.8. The summed E-state index contributed by atoms with van der Waals surface area (Å²) >= 11 is 0. The minimum absolute atomic E-state index is 0.00163. The van der Waals surface area contributed by atoms with E-state index in [0.29, 0.717) is 19.0 Å². The van der Waals surface area contributed by atoms with Crippen molar-refractivity contribution < 1.29 is 9.18 Å². The molecule has 4 aliphatic rings. The predicted octanol–water partition coefficient (Wildman–Crippen LogP) is 6.33. The minimum Gasteiger partial charge on any atom is -0.353 e. The number of carbonyl (C=O) groups is 1. The van der Waals surface area contributed by atoms with Crippen molar-refractivity contribution in [1.29, 1.82) is 0 Å². The van der Waals surface area contributed by atoms with Crippen LogP contribution in [-0.4, -0.2) is 42.1 Å². The highest BCUT2D eigenvalue weighted by atomic mass is 19.1. The molecule has 2 aliphatic heterocycles. The molecule has 1 aromatic heterocycles. The van der Waals surface area contributed by atoms with Crippen molar-refractivity contribution in [2.75, 3.05) is 36.1 Å². The number of anilines is 2. The number of urea groups is 1. The maximum Gasteiger partial charge on any atom is 0.318 e. The van der Waals surface area contributed by atoms with E-state index < -0.39 is 0 Å². The number of benzene rings is 2. The zero-order valence-electron chi connectivity index (χ0n) is 24.4. The fourth-order valence-corrected chi connectivity index (χ4v) is 7.13. The van der Waals surface area contributed by atoms with Crippen LogP contribution in [0.15, 0.2) is 114 Å². The Kier molecular flexibility index (Phi) is 7.35. The fraction of sp³-hybridized carbons (Fsp3) is 0.314. The summed E-state index contributed by atoms with van der Waals surface area (Å²) in [6.07, 6.45) is 9.15. The Balaban J connectivity index is 1.07. The number of rotatable bonds is 6. The molecular weight excluding hydrogens is 539 g/mol. The van der Waals surface area contributed by atoms with Gasteiger partial charge in [0.05, 0.1) is 17.4 Å². The molecule has 2 aliphatic carbocycles. The molecule has 8 heteroatoms. The number of fused-ring (bicyclic) bond motifs is 1. The number of hydrogen-bond donors (Lipinski definition) is 2. The van der Waals surface area contributed by atoms with Gasteiger partial charge >= 0.3 is 6.03 Å². The molecule has 220 valence electrons. The van der Waals surface area contributed by atoms with Gasteiger partial charge in [-0.2, -0.15) is 0 Å². The smallest absolute Gasteiger partial charge is 0.318 e. The van der Waals surface area contributed by atoms with E-state index in [1.807, 2.05) is 40.4 Å². The summed E-state index contributed by atoms with van der Waals surface area (Å²) in [6.45, 7) is 5.16. The number of amides is 2. The van der Waals surface area contributed by atoms with Crippen LogP contribution in [-0.2, 0) is 0 Å². The summed E-state index contributed by atoms with van der Waals surface area (Å²) < 4.78 is 13.6. The highest BCUT2D eigenvalue weighted by molar-refractivity contribution is 5.75. The van der Waals surface area contributed by atoms with E-state index in [-0.39, 0.29) is 23.8 Å². The summed E-state index contributed by atoms with van der Waals surface area (Å²) in [5.74, 6) is 1.35. The Morgan fingerprint density at radius 2 is 1.79 bits per heavy atom. The number of nitrogens with one attached hydrogen (secondary N) is 2. The van der Waals surface area contributed by atoms with Crippen molar-refractivity contribution in [2.24, 2.45) is 11.8 Å². The summed E-state index contributed by atoms with van der Waals surface area (Å²) in [6, 6.07) is 22.8. The third-order valence-electron chi connectivity index (χ3n) is 9.35. The lowest BCUT2D eigenvalue weighted by molar-refractivity contribution is 0.188. The summed E-state index contributed by atoms with van der Waals surface area (Å²) in [4.78, 5) is 22.2. The molecule has 0 radical (unpaired) electrons. The highest BCUT2D eigenvalue weighted by Gasteiger charge is 2.39. The topological polar surface area (TPSA) is 63.7 Å². The van der Waals surface area contributed by atoms with Gasteiger partial charge in [-0.3, -0.25) is 5.01 Å². The standard InChI is InChI=1S/C35H37FN6O/c1-24-30-23-38-42(29-14-12-28(36)13-15-29)32(30)22-27-11-10-26(34(24)27)21-31(25-7-3-2-4-8-25)39-35(43)41-19-17-40(18-20-41)33-9-5-6-16-37-33/h2-9,12-16,22-24,26,31,38H,10-11,17-21H2,1H3,(H,39,43)/t24-,26+,31?/m0/s1. The van der Waals surface area contributed by atoms with Crippen molar-refractivity contribution in [1.82, 2.24) is 20.6 Å². The third kappa shape index (κ3) is 5.38. The van der Waals surface area contributed by atoms with Gasteiger partial charge in [0.15, 0.2) is 0 Å². The largest absolute Gasteiger partial charge is 0.353 e. The predicted molar refractivity (Wildman–Crippen MR) is 167 cm³/mol. The van der Waals surface area contributed by atoms with Crippen LogP contribution >= 0.6 is 0 Å². The maximum absolute atomic E-state index is 13.6. The lowest BCUT2D eigenvalue weighted by Crippen LogP contribution is -2.52. The van der Waals surface area contributed by atoms with E-state index in [2.05, 4.69) is 64.1 Å². The molecule has 7 rings (SSSR count). The van der Waals surface area contributed by atoms with Crippen molar-refractivity contribution in [2.45, 2.75) is 32.2 Å². The average molecular weight is 577 g/mol. The summed E-state index contributed by atoms with van der Waals surface area (Å²) in [5, 5.41) is 5.47. The zero-order valence-corrected chi connectivity index (χ0v) is 24.4. The van der Waals surface area contributed by atoms with Gasteiger partial charge in [0.25, 0.3) is 0 Å². The van der Waals surface area contributed by atoms with Crippen LogP contribution < -0.4 is 20.7 Å².